The van der Waals surface area contributed by atoms with Crippen molar-refractivity contribution in [2.24, 2.45) is 0 Å². The molecule has 0 fully saturated rings. The molecule has 1 aliphatic rings. The summed E-state index contributed by atoms with van der Waals surface area (Å²) in [7, 11) is 1.52. The van der Waals surface area contributed by atoms with E-state index in [2.05, 4.69) is 27.2 Å². The van der Waals surface area contributed by atoms with Crippen LogP contribution in [-0.4, -0.2) is 34.0 Å². The van der Waals surface area contributed by atoms with Crippen LogP contribution in [0.4, 0.5) is 33.6 Å². The predicted molar refractivity (Wildman–Crippen MR) is 168 cm³/mol. The number of ether oxygens (including phenoxy) is 1. The van der Waals surface area contributed by atoms with Gasteiger partial charge in [0.1, 0.15) is 16.6 Å². The fourth-order valence-electron chi connectivity index (χ4n) is 4.54. The smallest absolute Gasteiger partial charge is 0.330 e. The Morgan fingerprint density at radius 1 is 1.21 bits per heavy atom. The molecule has 2 aromatic heterocycles. The zero-order valence-electron chi connectivity index (χ0n) is 23.1. The molecule has 3 amide bonds. The Morgan fingerprint density at radius 2 is 1.98 bits per heavy atom. The van der Waals surface area contributed by atoms with Gasteiger partial charge in [-0.15, -0.1) is 11.3 Å². The van der Waals surface area contributed by atoms with Crippen LogP contribution in [0.3, 0.4) is 0 Å². The van der Waals surface area contributed by atoms with Crippen LogP contribution < -0.4 is 25.2 Å². The Morgan fingerprint density at radius 3 is 2.64 bits per heavy atom. The normalized spacial score (nSPS) is 12.6. The highest BCUT2D eigenvalue weighted by molar-refractivity contribution is 7.09. The standard InChI is InChI=1S/C29H27Cl2N7O3S/c1-5-17-11-22(41-4)25(31)26(24(17)30)37-13-18-12-32-28(35-21-10-8-7-9-20(21)34-23(39)6-2)36-27(18)38(29(37)40)14-19-15-42-16(3)33-19/h6-12,15H,2,5,13-14H2,1,3-4H3,(H,34,39)(H,32,35,36). The van der Waals surface area contributed by atoms with Crippen molar-refractivity contribution in [2.45, 2.75) is 33.4 Å². The van der Waals surface area contributed by atoms with Crippen molar-refractivity contribution in [1.29, 1.82) is 0 Å². The molecule has 0 unspecified atom stereocenters. The molecule has 0 bridgehead atoms. The van der Waals surface area contributed by atoms with E-state index in [1.165, 1.54) is 34.3 Å². The molecule has 0 saturated carbocycles. The summed E-state index contributed by atoms with van der Waals surface area (Å²) in [5.74, 6) is 0.719. The van der Waals surface area contributed by atoms with Crippen LogP contribution in [0, 0.1) is 6.92 Å². The number of nitrogens with one attached hydrogen (secondary N) is 2. The number of methoxy groups -OCH3 is 1. The molecule has 10 nitrogen and oxygen atoms in total. The summed E-state index contributed by atoms with van der Waals surface area (Å²) in [4.78, 5) is 43.0. The molecular weight excluding hydrogens is 597 g/mol. The van der Waals surface area contributed by atoms with Gasteiger partial charge < -0.3 is 15.4 Å². The van der Waals surface area contributed by atoms with E-state index in [0.29, 0.717) is 51.3 Å². The maximum atomic E-state index is 14.2. The fourth-order valence-corrected chi connectivity index (χ4v) is 5.90. The fraction of sp³-hybridized carbons (Fsp3) is 0.207. The molecule has 4 aromatic rings. The van der Waals surface area contributed by atoms with Crippen molar-refractivity contribution in [3.8, 4) is 5.75 Å². The summed E-state index contributed by atoms with van der Waals surface area (Å²) in [6, 6.07) is 8.53. The van der Waals surface area contributed by atoms with E-state index in [-0.39, 0.29) is 36.0 Å². The minimum Gasteiger partial charge on any atom is -0.495 e. The Balaban J connectivity index is 1.58. The Bertz CT molecular complexity index is 1670. The number of thiazole rings is 1. The lowest BCUT2D eigenvalue weighted by Gasteiger charge is -2.37. The molecule has 2 N–H and O–H groups in total. The quantitative estimate of drug-likeness (QED) is 0.191. The summed E-state index contributed by atoms with van der Waals surface area (Å²) in [5, 5.41) is 9.30. The first-order valence-electron chi connectivity index (χ1n) is 12.9. The summed E-state index contributed by atoms with van der Waals surface area (Å²) in [6.45, 7) is 7.66. The van der Waals surface area contributed by atoms with Crippen LogP contribution in [0.15, 0.2) is 54.6 Å². The lowest BCUT2D eigenvalue weighted by Crippen LogP contribution is -2.48. The van der Waals surface area contributed by atoms with E-state index in [9.17, 15) is 9.59 Å². The van der Waals surface area contributed by atoms with Gasteiger partial charge in [-0.1, -0.05) is 48.8 Å². The Kier molecular flexibility index (Phi) is 8.62. The number of rotatable bonds is 9. The Labute approximate surface area is 257 Å². The van der Waals surface area contributed by atoms with Crippen LogP contribution in [0.5, 0.6) is 5.75 Å². The minimum atomic E-state index is -0.379. The van der Waals surface area contributed by atoms with E-state index in [1.54, 1.807) is 30.5 Å². The van der Waals surface area contributed by atoms with Crippen LogP contribution in [0.2, 0.25) is 10.0 Å². The van der Waals surface area contributed by atoms with Gasteiger partial charge in [-0.25, -0.2) is 14.8 Å². The number of urea groups is 1. The largest absolute Gasteiger partial charge is 0.495 e. The van der Waals surface area contributed by atoms with Crippen molar-refractivity contribution in [2.75, 3.05) is 27.5 Å². The third kappa shape index (κ3) is 5.76. The first kappa shape index (κ1) is 29.3. The van der Waals surface area contributed by atoms with E-state index >= 15 is 0 Å². The van der Waals surface area contributed by atoms with Gasteiger partial charge >= 0.3 is 6.03 Å². The maximum absolute atomic E-state index is 14.2. The second kappa shape index (κ2) is 12.4. The number of hydrogen-bond donors (Lipinski definition) is 2. The molecule has 42 heavy (non-hydrogen) atoms. The number of halogens is 2. The first-order chi connectivity index (χ1) is 20.2. The third-order valence-electron chi connectivity index (χ3n) is 6.58. The molecule has 2 aromatic carbocycles. The molecule has 5 rings (SSSR count). The number of fused-ring (bicyclic) bond motifs is 1. The van der Waals surface area contributed by atoms with Crippen molar-refractivity contribution >= 4 is 75.3 Å². The van der Waals surface area contributed by atoms with Crippen molar-refractivity contribution in [3.05, 3.63) is 86.4 Å². The summed E-state index contributed by atoms with van der Waals surface area (Å²) in [5.41, 5.74) is 3.63. The van der Waals surface area contributed by atoms with Crippen LogP contribution >= 0.6 is 34.5 Å². The van der Waals surface area contributed by atoms with Crippen molar-refractivity contribution in [3.63, 3.8) is 0 Å². The van der Waals surface area contributed by atoms with Crippen LogP contribution in [-0.2, 0) is 24.3 Å². The van der Waals surface area contributed by atoms with Gasteiger partial charge in [0.15, 0.2) is 0 Å². The van der Waals surface area contributed by atoms with Crippen LogP contribution in [0.1, 0.15) is 28.8 Å². The molecule has 13 heteroatoms. The molecule has 1 aliphatic heterocycles. The number of para-hydroxylation sites is 2. The highest BCUT2D eigenvalue weighted by Crippen LogP contribution is 2.45. The molecule has 216 valence electrons. The number of carbonyl (C=O) groups is 2. The zero-order chi connectivity index (χ0) is 30.0. The summed E-state index contributed by atoms with van der Waals surface area (Å²) >= 11 is 15.1. The average Bonchev–Trinajstić information content (AvgIpc) is 3.40. The molecule has 0 saturated heterocycles. The number of aromatic nitrogens is 3. The molecule has 0 atom stereocenters. The summed E-state index contributed by atoms with van der Waals surface area (Å²) in [6.07, 6.45) is 3.45. The molecule has 0 spiro atoms. The lowest BCUT2D eigenvalue weighted by atomic mass is 10.1. The molecular formula is C29H27Cl2N7O3S. The number of aryl methyl sites for hydroxylation is 2. The number of hydrogen-bond acceptors (Lipinski definition) is 8. The molecule has 3 heterocycles. The minimum absolute atomic E-state index is 0.128. The van der Waals surface area contributed by atoms with Crippen molar-refractivity contribution in [1.82, 2.24) is 15.0 Å². The van der Waals surface area contributed by atoms with Gasteiger partial charge in [-0.05, 0) is 43.2 Å². The van der Waals surface area contributed by atoms with Gasteiger partial charge in [-0.2, -0.15) is 4.98 Å². The Hall–Kier alpha value is -4.19. The van der Waals surface area contributed by atoms with Crippen molar-refractivity contribution < 1.29 is 14.3 Å². The predicted octanol–water partition coefficient (Wildman–Crippen LogP) is 7.13. The van der Waals surface area contributed by atoms with E-state index < -0.39 is 0 Å². The van der Waals surface area contributed by atoms with Gasteiger partial charge in [-0.3, -0.25) is 14.6 Å². The number of benzene rings is 2. The van der Waals surface area contributed by atoms with Crippen LogP contribution in [0.25, 0.3) is 0 Å². The van der Waals surface area contributed by atoms with Gasteiger partial charge in [0, 0.05) is 17.1 Å². The SMILES string of the molecule is C=CC(=O)Nc1ccccc1Nc1ncc2c(n1)N(Cc1csc(C)n1)C(=O)N(c1c(Cl)c(CC)cc(OC)c1Cl)C2. The number of carbonyl (C=O) groups excluding carboxylic acids is 2. The number of anilines is 5. The second-order valence-electron chi connectivity index (χ2n) is 9.29. The third-order valence-corrected chi connectivity index (χ3v) is 8.19. The summed E-state index contributed by atoms with van der Waals surface area (Å²) < 4.78 is 5.50. The van der Waals surface area contributed by atoms with E-state index in [0.717, 1.165) is 10.6 Å². The lowest BCUT2D eigenvalue weighted by molar-refractivity contribution is -0.111. The second-order valence-corrected chi connectivity index (χ2v) is 11.1. The maximum Gasteiger partial charge on any atom is 0.330 e. The first-order valence-corrected chi connectivity index (χ1v) is 14.6. The van der Waals surface area contributed by atoms with E-state index in [1.807, 2.05) is 25.3 Å². The molecule has 0 aliphatic carbocycles. The average molecular weight is 625 g/mol. The number of amides is 3. The topological polar surface area (TPSA) is 113 Å². The van der Waals surface area contributed by atoms with Gasteiger partial charge in [0.25, 0.3) is 0 Å². The highest BCUT2D eigenvalue weighted by Gasteiger charge is 2.36. The monoisotopic (exact) mass is 623 g/mol. The molecule has 0 radical (unpaired) electrons. The number of nitrogens with zero attached hydrogens (tertiary/aromatic N) is 5. The van der Waals surface area contributed by atoms with Gasteiger partial charge in [0.05, 0.1) is 53.0 Å². The van der Waals surface area contributed by atoms with Gasteiger partial charge in [0.2, 0.25) is 11.9 Å². The zero-order valence-corrected chi connectivity index (χ0v) is 25.4. The van der Waals surface area contributed by atoms with E-state index in [4.69, 9.17) is 32.9 Å². The highest BCUT2D eigenvalue weighted by atomic mass is 35.5.